The van der Waals surface area contributed by atoms with Crippen LogP contribution in [-0.4, -0.2) is 25.9 Å². The molecule has 33 heavy (non-hydrogen) atoms. The summed E-state index contributed by atoms with van der Waals surface area (Å²) in [6, 6.07) is 20.8. The van der Waals surface area contributed by atoms with Crippen molar-refractivity contribution in [3.63, 3.8) is 0 Å². The lowest BCUT2D eigenvalue weighted by Gasteiger charge is -2.12. The fourth-order valence-electron chi connectivity index (χ4n) is 3.31. The molecule has 4 aromatic rings. The second-order valence-corrected chi connectivity index (χ2v) is 8.49. The van der Waals surface area contributed by atoms with Gasteiger partial charge in [0.2, 0.25) is 0 Å². The van der Waals surface area contributed by atoms with E-state index < -0.39 is 0 Å². The Kier molecular flexibility index (Phi) is 7.27. The summed E-state index contributed by atoms with van der Waals surface area (Å²) in [4.78, 5) is 17.2. The van der Waals surface area contributed by atoms with Crippen LogP contribution < -0.4 is 9.47 Å². The van der Waals surface area contributed by atoms with E-state index in [9.17, 15) is 4.79 Å². The fraction of sp³-hybridized carbons (Fsp3) is 0.154. The van der Waals surface area contributed by atoms with E-state index in [0.29, 0.717) is 40.3 Å². The van der Waals surface area contributed by atoms with Crippen molar-refractivity contribution in [2.45, 2.75) is 13.5 Å². The Labute approximate surface area is 201 Å². The number of carbonyl (C=O) groups excluding carboxylic acids is 1. The predicted octanol–water partition coefficient (Wildman–Crippen LogP) is 7.07. The Morgan fingerprint density at radius 1 is 1.06 bits per heavy atom. The van der Waals surface area contributed by atoms with Crippen molar-refractivity contribution in [3.05, 3.63) is 88.4 Å². The SMILES string of the molecule is CCOC(=O)c1c(N=Cc2ccc(OCc3ccccc3Cl)c(OC)c2)sc2ccccc12. The Morgan fingerprint density at radius 3 is 2.64 bits per heavy atom. The van der Waals surface area contributed by atoms with Gasteiger partial charge in [-0.05, 0) is 42.8 Å². The first-order valence-electron chi connectivity index (χ1n) is 10.4. The molecule has 1 heterocycles. The lowest BCUT2D eigenvalue weighted by molar-refractivity contribution is 0.0530. The number of hydrogen-bond acceptors (Lipinski definition) is 6. The summed E-state index contributed by atoms with van der Waals surface area (Å²) in [6.07, 6.45) is 1.70. The van der Waals surface area contributed by atoms with Gasteiger partial charge in [-0.1, -0.05) is 48.0 Å². The molecular weight excluding hydrogens is 458 g/mol. The monoisotopic (exact) mass is 479 g/mol. The topological polar surface area (TPSA) is 57.1 Å². The molecule has 0 N–H and O–H groups in total. The van der Waals surface area contributed by atoms with Gasteiger partial charge >= 0.3 is 5.97 Å². The van der Waals surface area contributed by atoms with Crippen molar-refractivity contribution in [1.82, 2.24) is 0 Å². The first kappa shape index (κ1) is 22.8. The molecule has 0 bridgehead atoms. The summed E-state index contributed by atoms with van der Waals surface area (Å²) in [5.41, 5.74) is 2.19. The van der Waals surface area contributed by atoms with Crippen LogP contribution >= 0.6 is 22.9 Å². The second-order valence-electron chi connectivity index (χ2n) is 7.05. The van der Waals surface area contributed by atoms with E-state index in [1.54, 1.807) is 20.2 Å². The predicted molar refractivity (Wildman–Crippen MR) is 134 cm³/mol. The molecule has 5 nitrogen and oxygen atoms in total. The zero-order valence-electron chi connectivity index (χ0n) is 18.2. The van der Waals surface area contributed by atoms with E-state index in [4.69, 9.17) is 25.8 Å². The third-order valence-corrected chi connectivity index (χ3v) is 6.36. The lowest BCUT2D eigenvalue weighted by Crippen LogP contribution is -2.03. The smallest absolute Gasteiger partial charge is 0.341 e. The quantitative estimate of drug-likeness (QED) is 0.200. The van der Waals surface area contributed by atoms with Crippen LogP contribution in [0.25, 0.3) is 10.1 Å². The van der Waals surface area contributed by atoms with Crippen LogP contribution in [0.15, 0.2) is 71.7 Å². The van der Waals surface area contributed by atoms with Crippen molar-refractivity contribution < 1.29 is 19.0 Å². The average molecular weight is 480 g/mol. The van der Waals surface area contributed by atoms with Crippen molar-refractivity contribution in [3.8, 4) is 11.5 Å². The zero-order chi connectivity index (χ0) is 23.2. The van der Waals surface area contributed by atoms with Gasteiger partial charge in [-0.25, -0.2) is 9.79 Å². The molecule has 4 rings (SSSR count). The Morgan fingerprint density at radius 2 is 1.85 bits per heavy atom. The molecule has 0 aliphatic carbocycles. The molecule has 0 radical (unpaired) electrons. The van der Waals surface area contributed by atoms with Gasteiger partial charge in [0.15, 0.2) is 11.5 Å². The molecule has 0 atom stereocenters. The number of benzene rings is 3. The molecule has 1 aromatic heterocycles. The molecule has 0 aliphatic rings. The molecule has 0 aliphatic heterocycles. The van der Waals surface area contributed by atoms with Crippen LogP contribution in [0.1, 0.15) is 28.4 Å². The van der Waals surface area contributed by atoms with E-state index in [-0.39, 0.29) is 5.97 Å². The molecule has 3 aromatic carbocycles. The number of fused-ring (bicyclic) bond motifs is 1. The summed E-state index contributed by atoms with van der Waals surface area (Å²) in [5.74, 6) is 0.805. The maximum atomic E-state index is 12.6. The van der Waals surface area contributed by atoms with Gasteiger partial charge in [0.1, 0.15) is 17.2 Å². The maximum absolute atomic E-state index is 12.6. The van der Waals surface area contributed by atoms with E-state index >= 15 is 0 Å². The van der Waals surface area contributed by atoms with Crippen LogP contribution in [0.2, 0.25) is 5.02 Å². The highest BCUT2D eigenvalue weighted by Crippen LogP contribution is 2.38. The van der Waals surface area contributed by atoms with Gasteiger partial charge in [-0.2, -0.15) is 0 Å². The number of thiophene rings is 1. The molecule has 168 valence electrons. The summed E-state index contributed by atoms with van der Waals surface area (Å²) in [7, 11) is 1.59. The van der Waals surface area contributed by atoms with Crippen LogP contribution in [-0.2, 0) is 11.3 Å². The van der Waals surface area contributed by atoms with E-state index in [1.165, 1.54) is 11.3 Å². The van der Waals surface area contributed by atoms with Crippen molar-refractivity contribution >= 4 is 50.2 Å². The molecular formula is C26H22ClNO4S. The summed E-state index contributed by atoms with van der Waals surface area (Å²) in [6.45, 7) is 2.42. The highest BCUT2D eigenvalue weighted by Gasteiger charge is 2.19. The Balaban J connectivity index is 1.59. The number of nitrogens with zero attached hydrogens (tertiary/aromatic N) is 1. The number of carbonyl (C=O) groups is 1. The molecule has 0 unspecified atom stereocenters. The number of aliphatic imine (C=N–C) groups is 1. The minimum Gasteiger partial charge on any atom is -0.493 e. The molecule has 0 amide bonds. The van der Waals surface area contributed by atoms with Crippen LogP contribution in [0.4, 0.5) is 5.00 Å². The minimum atomic E-state index is -0.372. The van der Waals surface area contributed by atoms with Gasteiger partial charge in [-0.3, -0.25) is 0 Å². The first-order chi connectivity index (χ1) is 16.1. The van der Waals surface area contributed by atoms with Crippen LogP contribution in [0.5, 0.6) is 11.5 Å². The van der Waals surface area contributed by atoms with Gasteiger partial charge in [0.05, 0.1) is 13.7 Å². The average Bonchev–Trinajstić information content (AvgIpc) is 3.21. The van der Waals surface area contributed by atoms with Gasteiger partial charge in [0, 0.05) is 26.9 Å². The van der Waals surface area contributed by atoms with Crippen molar-refractivity contribution in [2.24, 2.45) is 4.99 Å². The Bertz CT molecular complexity index is 1310. The Hall–Kier alpha value is -3.35. The molecule has 0 saturated carbocycles. The second kappa shape index (κ2) is 10.5. The molecule has 7 heteroatoms. The fourth-order valence-corrected chi connectivity index (χ4v) is 4.54. The largest absolute Gasteiger partial charge is 0.493 e. The highest BCUT2D eigenvalue weighted by molar-refractivity contribution is 7.23. The third-order valence-electron chi connectivity index (χ3n) is 4.92. The maximum Gasteiger partial charge on any atom is 0.341 e. The van der Waals surface area contributed by atoms with E-state index in [1.807, 2.05) is 66.7 Å². The summed E-state index contributed by atoms with van der Waals surface area (Å²) >= 11 is 7.66. The highest BCUT2D eigenvalue weighted by atomic mass is 35.5. The zero-order valence-corrected chi connectivity index (χ0v) is 19.8. The lowest BCUT2D eigenvalue weighted by atomic mass is 10.1. The third kappa shape index (κ3) is 5.18. The van der Waals surface area contributed by atoms with Gasteiger partial charge in [-0.15, -0.1) is 11.3 Å². The van der Waals surface area contributed by atoms with E-state index in [2.05, 4.69) is 4.99 Å². The van der Waals surface area contributed by atoms with Crippen molar-refractivity contribution in [2.75, 3.05) is 13.7 Å². The van der Waals surface area contributed by atoms with Gasteiger partial charge < -0.3 is 14.2 Å². The molecule has 0 saturated heterocycles. The standard InChI is InChI=1S/C26H22ClNO4S/c1-3-31-26(29)24-19-9-5-7-11-23(19)33-25(24)28-15-17-12-13-21(22(14-17)30-2)32-16-18-8-4-6-10-20(18)27/h4-15H,3,16H2,1-2H3. The first-order valence-corrected chi connectivity index (χ1v) is 11.6. The summed E-state index contributed by atoms with van der Waals surface area (Å²) < 4.78 is 17.7. The van der Waals surface area contributed by atoms with Crippen LogP contribution in [0.3, 0.4) is 0 Å². The summed E-state index contributed by atoms with van der Waals surface area (Å²) in [5, 5.41) is 2.10. The van der Waals surface area contributed by atoms with Gasteiger partial charge in [0.25, 0.3) is 0 Å². The molecule has 0 spiro atoms. The number of esters is 1. The molecule has 0 fully saturated rings. The number of ether oxygens (including phenoxy) is 3. The number of methoxy groups -OCH3 is 1. The number of halogens is 1. The van der Waals surface area contributed by atoms with E-state index in [0.717, 1.165) is 21.2 Å². The number of rotatable bonds is 8. The number of hydrogen-bond donors (Lipinski definition) is 0. The van der Waals surface area contributed by atoms with Crippen molar-refractivity contribution in [1.29, 1.82) is 0 Å². The van der Waals surface area contributed by atoms with Crippen LogP contribution in [0, 0.1) is 0 Å². The normalized spacial score (nSPS) is 11.1. The minimum absolute atomic E-state index is 0.305.